The first-order valence-electron chi connectivity index (χ1n) is 22.7. The van der Waals surface area contributed by atoms with Crippen LogP contribution in [0.5, 0.6) is 11.5 Å². The van der Waals surface area contributed by atoms with Crippen molar-refractivity contribution in [3.63, 3.8) is 0 Å². The molecule has 2 aromatic rings. The van der Waals surface area contributed by atoms with Crippen molar-refractivity contribution in [1.29, 1.82) is 0 Å². The van der Waals surface area contributed by atoms with E-state index in [1.165, 1.54) is 30.3 Å². The molecule has 2 amide bonds. The van der Waals surface area contributed by atoms with E-state index in [0.29, 0.717) is 30.8 Å². The Kier molecular flexibility index (Phi) is 23.6. The summed E-state index contributed by atoms with van der Waals surface area (Å²) < 4.78 is 32.3. The third-order valence-electron chi connectivity index (χ3n) is 10.4. The van der Waals surface area contributed by atoms with E-state index in [-0.39, 0.29) is 72.3 Å². The van der Waals surface area contributed by atoms with Gasteiger partial charge in [0.25, 0.3) is 11.8 Å². The van der Waals surface area contributed by atoms with E-state index in [1.54, 1.807) is 33.8 Å². The molecule has 0 unspecified atom stereocenters. The number of carboxylic acids is 1. The van der Waals surface area contributed by atoms with Crippen LogP contribution in [0.1, 0.15) is 87.2 Å². The van der Waals surface area contributed by atoms with Crippen molar-refractivity contribution < 1.29 is 93.2 Å². The number of hydrogen-bond acceptors (Lipinski definition) is 20. The monoisotopic (exact) mass is 982 g/mol. The quantitative estimate of drug-likeness (QED) is 0.0481. The second-order valence-electron chi connectivity index (χ2n) is 17.6. The van der Waals surface area contributed by atoms with E-state index < -0.39 is 91.8 Å². The minimum absolute atomic E-state index is 0.0101. The van der Waals surface area contributed by atoms with Gasteiger partial charge in [-0.1, -0.05) is 67.5 Å². The van der Waals surface area contributed by atoms with Crippen LogP contribution in [0.2, 0.25) is 0 Å². The Labute approximate surface area is 400 Å². The summed E-state index contributed by atoms with van der Waals surface area (Å²) in [6.45, 7) is 15.6. The minimum Gasteiger partial charge on any atom is -0.479 e. The van der Waals surface area contributed by atoms with Gasteiger partial charge in [0.05, 0.1) is 29.6 Å². The Morgan fingerprint density at radius 2 is 0.971 bits per heavy atom. The third kappa shape index (κ3) is 17.7. The molecule has 0 bridgehead atoms. The summed E-state index contributed by atoms with van der Waals surface area (Å²) in [5.41, 5.74) is 1.14. The van der Waals surface area contributed by atoms with Gasteiger partial charge in [0.1, 0.15) is 67.4 Å². The molecule has 2 heterocycles. The van der Waals surface area contributed by atoms with Crippen LogP contribution in [-0.2, 0) is 46.5 Å². The van der Waals surface area contributed by atoms with Crippen molar-refractivity contribution >= 4 is 29.7 Å². The average Bonchev–Trinajstić information content (AvgIpc) is 3.30. The zero-order chi connectivity index (χ0) is 51.7. The first-order valence-corrected chi connectivity index (χ1v) is 22.7. The SMILES string of the molecule is CC(C)NCCNC(=O)c1cc(COC(=O)C(C)C)ccc1O[C@@H]1O[C@H](C(=O)O)[C@@H](O)[C@H](O)[C@H]1O.CC(C)NCCNC(=O)c1cc(COC(=O)C(C)C)ccc1O[C@@H]1O[C@H](CO)[C@@H](O)[C@H](O)[C@H]1O. The molecule has 12 N–H and O–H groups in total. The van der Waals surface area contributed by atoms with Gasteiger partial charge in [0, 0.05) is 38.3 Å². The molecule has 0 aliphatic carbocycles. The van der Waals surface area contributed by atoms with Crippen LogP contribution in [0.3, 0.4) is 0 Å². The van der Waals surface area contributed by atoms with E-state index >= 15 is 0 Å². The van der Waals surface area contributed by atoms with Gasteiger partial charge in [-0.05, 0) is 35.4 Å². The molecule has 2 aliphatic heterocycles. The number of rotatable bonds is 22. The third-order valence-corrected chi connectivity index (χ3v) is 10.4. The number of ether oxygens (including phenoxy) is 6. The van der Waals surface area contributed by atoms with E-state index in [2.05, 4.69) is 21.3 Å². The smallest absolute Gasteiger partial charge is 0.335 e. The van der Waals surface area contributed by atoms with Crippen molar-refractivity contribution in [3.8, 4) is 11.5 Å². The molecule has 2 fully saturated rings. The predicted octanol–water partition coefficient (Wildman–Crippen LogP) is -1.32. The number of amides is 2. The van der Waals surface area contributed by atoms with Crippen LogP contribution in [0, 0.1) is 11.8 Å². The van der Waals surface area contributed by atoms with Crippen molar-refractivity contribution in [1.82, 2.24) is 21.3 Å². The number of carbonyl (C=O) groups excluding carboxylic acids is 4. The van der Waals surface area contributed by atoms with Crippen LogP contribution in [-0.4, -0.2) is 177 Å². The average molecular weight is 983 g/mol. The van der Waals surface area contributed by atoms with Crippen LogP contribution in [0.4, 0.5) is 0 Å². The summed E-state index contributed by atoms with van der Waals surface area (Å²) >= 11 is 0. The molecule has 4 rings (SSSR count). The fourth-order valence-corrected chi connectivity index (χ4v) is 6.37. The number of carboxylic acid groups (broad SMARTS) is 1. The first kappa shape index (κ1) is 58.3. The van der Waals surface area contributed by atoms with Crippen LogP contribution >= 0.6 is 0 Å². The summed E-state index contributed by atoms with van der Waals surface area (Å²) in [6, 6.07) is 9.35. The normalized spacial score (nSPS) is 24.6. The molecular formula is C46H70N4O19. The number of aliphatic carboxylic acids is 1. The molecule has 0 saturated carbocycles. The fourth-order valence-electron chi connectivity index (χ4n) is 6.37. The Bertz CT molecular complexity index is 1980. The summed E-state index contributed by atoms with van der Waals surface area (Å²) in [7, 11) is 0. The van der Waals surface area contributed by atoms with Gasteiger partial charge in [-0.25, -0.2) is 4.79 Å². The summed E-state index contributed by atoms with van der Waals surface area (Å²) in [5.74, 6) is -4.03. The number of aliphatic hydroxyl groups excluding tert-OH is 7. The fraction of sp³-hybridized carbons (Fsp3) is 0.630. The second kappa shape index (κ2) is 28.0. The molecule has 2 aromatic carbocycles. The lowest BCUT2D eigenvalue weighted by Crippen LogP contribution is -2.61. The van der Waals surface area contributed by atoms with Crippen LogP contribution < -0.4 is 30.7 Å². The first-order chi connectivity index (χ1) is 32.5. The number of nitrogens with one attached hydrogen (secondary N) is 4. The zero-order valence-electron chi connectivity index (χ0n) is 40.1. The van der Waals surface area contributed by atoms with E-state index in [4.69, 9.17) is 28.4 Å². The van der Waals surface area contributed by atoms with Gasteiger partial charge in [0.15, 0.2) is 6.10 Å². The molecule has 69 heavy (non-hydrogen) atoms. The zero-order valence-corrected chi connectivity index (χ0v) is 40.1. The molecule has 0 aromatic heterocycles. The van der Waals surface area contributed by atoms with Gasteiger partial charge in [-0.2, -0.15) is 0 Å². The highest BCUT2D eigenvalue weighted by atomic mass is 16.7. The Hall–Kier alpha value is -5.05. The van der Waals surface area contributed by atoms with Gasteiger partial charge in [0.2, 0.25) is 12.6 Å². The second-order valence-corrected chi connectivity index (χ2v) is 17.6. The maximum Gasteiger partial charge on any atom is 0.335 e. The van der Waals surface area contributed by atoms with Gasteiger partial charge in [-0.3, -0.25) is 19.2 Å². The molecule has 388 valence electrons. The highest BCUT2D eigenvalue weighted by Gasteiger charge is 2.48. The predicted molar refractivity (Wildman–Crippen MR) is 242 cm³/mol. The minimum atomic E-state index is -1.88. The van der Waals surface area contributed by atoms with Crippen LogP contribution in [0.15, 0.2) is 36.4 Å². The molecule has 0 spiro atoms. The number of benzene rings is 2. The maximum absolute atomic E-state index is 12.9. The molecular weight excluding hydrogens is 913 g/mol. The summed E-state index contributed by atoms with van der Waals surface area (Å²) in [5, 5.41) is 90.9. The van der Waals surface area contributed by atoms with Crippen molar-refractivity contribution in [3.05, 3.63) is 58.7 Å². The Morgan fingerprint density at radius 1 is 0.565 bits per heavy atom. The Balaban J connectivity index is 0.000000365. The van der Waals surface area contributed by atoms with E-state index in [9.17, 15) is 64.8 Å². The van der Waals surface area contributed by atoms with Crippen molar-refractivity contribution in [2.75, 3.05) is 32.8 Å². The van der Waals surface area contributed by atoms with Crippen LogP contribution in [0.25, 0.3) is 0 Å². The maximum atomic E-state index is 12.9. The van der Waals surface area contributed by atoms with E-state index in [1.807, 2.05) is 27.7 Å². The highest BCUT2D eigenvalue weighted by Crippen LogP contribution is 2.30. The lowest BCUT2D eigenvalue weighted by molar-refractivity contribution is -0.277. The lowest BCUT2D eigenvalue weighted by Gasteiger charge is -2.39. The molecule has 23 nitrogen and oxygen atoms in total. The van der Waals surface area contributed by atoms with E-state index in [0.717, 1.165) is 0 Å². The standard InChI is InChI=1S/C23H34N2O10.C23H36N2O9/c1-11(2)22(32)33-10-13-5-6-15(14(9-13)20(29)25-8-7-24-12(3)4)34-23-18(28)16(26)17(27)19(35-23)21(30)31;1-12(2)22(31)32-11-14-5-6-16(15(9-14)21(30)25-8-7-24-13(3)4)33-23-20(29)19(28)18(27)17(10-26)34-23/h5-6,9,11-12,16-19,23-24,26-28H,7-8,10H2,1-4H3,(H,25,29)(H,30,31);5-6,9,12-13,17-20,23-24,26-29H,7-8,10-11H2,1-4H3,(H,25,30)/t16-,17-,18+,19-,23+;17-,18-,19+,20-,23-/m01/s1. The van der Waals surface area contributed by atoms with Crippen molar-refractivity contribution in [2.24, 2.45) is 11.8 Å². The summed E-state index contributed by atoms with van der Waals surface area (Å²) in [4.78, 5) is 60.8. The largest absolute Gasteiger partial charge is 0.479 e. The molecule has 23 heteroatoms. The topological polar surface area (TPSA) is 351 Å². The molecule has 0 radical (unpaired) electrons. The lowest BCUT2D eigenvalue weighted by atomic mass is 9.99. The summed E-state index contributed by atoms with van der Waals surface area (Å²) in [6.07, 6.45) is -16.5. The van der Waals surface area contributed by atoms with Gasteiger partial charge < -0.3 is 90.5 Å². The molecule has 2 saturated heterocycles. The van der Waals surface area contributed by atoms with Gasteiger partial charge in [-0.15, -0.1) is 0 Å². The number of aliphatic hydroxyl groups is 7. The highest BCUT2D eigenvalue weighted by molar-refractivity contribution is 5.97. The number of esters is 2. The van der Waals surface area contributed by atoms with Crippen molar-refractivity contribution in [2.45, 2.75) is 142 Å². The number of hydrogen-bond donors (Lipinski definition) is 12. The van der Waals surface area contributed by atoms with Gasteiger partial charge >= 0.3 is 17.9 Å². The molecule has 10 atom stereocenters. The number of carbonyl (C=O) groups is 5. The molecule has 2 aliphatic rings. The Morgan fingerprint density at radius 3 is 1.35 bits per heavy atom.